The quantitative estimate of drug-likeness (QED) is 0.303. The summed E-state index contributed by atoms with van der Waals surface area (Å²) in [5.41, 5.74) is 1.83. The highest BCUT2D eigenvalue weighted by Crippen LogP contribution is 2.48. The fraction of sp³-hybridized carbons (Fsp3) is 0.469. The second-order valence-electron chi connectivity index (χ2n) is 12.2. The molecule has 0 spiro atoms. The van der Waals surface area contributed by atoms with E-state index in [1.54, 1.807) is 37.4 Å². The molecular formula is C32H42N2O5S. The van der Waals surface area contributed by atoms with Gasteiger partial charge in [0.1, 0.15) is 17.7 Å². The number of carbonyl (C=O) groups excluding carboxylic acids is 3. The first-order valence-corrected chi connectivity index (χ1v) is 14.5. The Morgan fingerprint density at radius 3 is 2.17 bits per heavy atom. The summed E-state index contributed by atoms with van der Waals surface area (Å²) >= 11 is 1.65. The number of hydrogen-bond donors (Lipinski definition) is 1. The predicted molar refractivity (Wildman–Crippen MR) is 161 cm³/mol. The topological polar surface area (TPSA) is 84.9 Å². The first-order valence-electron chi connectivity index (χ1n) is 13.5. The van der Waals surface area contributed by atoms with Crippen LogP contribution in [0.25, 0.3) is 11.1 Å². The maximum atomic E-state index is 14.2. The molecule has 0 radical (unpaired) electrons. The second kappa shape index (κ2) is 12.5. The zero-order valence-electron chi connectivity index (χ0n) is 24.7. The number of hydrogen-bond acceptors (Lipinski definition) is 6. The van der Waals surface area contributed by atoms with Crippen molar-refractivity contribution in [1.29, 1.82) is 0 Å². The van der Waals surface area contributed by atoms with Crippen molar-refractivity contribution in [3.8, 4) is 11.1 Å². The summed E-state index contributed by atoms with van der Waals surface area (Å²) in [5, 5.41) is 2.78. The van der Waals surface area contributed by atoms with Gasteiger partial charge >= 0.3 is 12.1 Å². The Balaban J connectivity index is 2.00. The fourth-order valence-electron chi connectivity index (χ4n) is 4.90. The molecule has 1 aliphatic heterocycles. The van der Waals surface area contributed by atoms with E-state index in [4.69, 9.17) is 9.47 Å². The van der Waals surface area contributed by atoms with Gasteiger partial charge in [0.05, 0.1) is 11.9 Å². The minimum absolute atomic E-state index is 0.275. The number of thioether (sulfide) groups is 1. The summed E-state index contributed by atoms with van der Waals surface area (Å²) in [6.45, 7) is 15.1. The van der Waals surface area contributed by atoms with Crippen molar-refractivity contribution >= 4 is 29.7 Å². The molecule has 1 saturated heterocycles. The van der Waals surface area contributed by atoms with Gasteiger partial charge in [-0.2, -0.15) is 0 Å². The minimum atomic E-state index is -0.921. The number of methoxy groups -OCH3 is 1. The predicted octanol–water partition coefficient (Wildman–Crippen LogP) is 6.18. The van der Waals surface area contributed by atoms with Crippen LogP contribution in [0, 0.1) is 5.41 Å². The zero-order valence-corrected chi connectivity index (χ0v) is 25.5. The Kier molecular flexibility index (Phi) is 9.77. The maximum absolute atomic E-state index is 14.2. The van der Waals surface area contributed by atoms with Gasteiger partial charge in [-0.3, -0.25) is 4.79 Å². The maximum Gasteiger partial charge on any atom is 0.408 e. The smallest absolute Gasteiger partial charge is 0.408 e. The molecule has 2 aromatic carbocycles. The lowest BCUT2D eigenvalue weighted by Crippen LogP contribution is -2.57. The normalized spacial score (nSPS) is 20.0. The lowest BCUT2D eigenvalue weighted by Gasteiger charge is -2.36. The Hall–Kier alpha value is -3.26. The molecule has 40 heavy (non-hydrogen) atoms. The standard InChI is InChI=1S/C32H42N2O5S/c1-9-19-40-32(24-17-15-23(16-18-24)22-13-11-10-12-14-22)20-25(28(36)38-8)34(21-32)27(35)26(30(2,3)4)33-29(37)39-31(5,6)7/h9-18,25-26H,1,19-21H2,2-8H3,(H,33,37)/t25-,26?,32-/m0/s1. The molecule has 216 valence electrons. The third-order valence-corrected chi connectivity index (χ3v) is 8.34. The van der Waals surface area contributed by atoms with E-state index in [9.17, 15) is 14.4 Å². The van der Waals surface area contributed by atoms with E-state index in [2.05, 4.69) is 48.3 Å². The number of nitrogens with zero attached hydrogens (tertiary/aromatic N) is 1. The number of alkyl carbamates (subject to hydrolysis) is 1. The number of amides is 2. The summed E-state index contributed by atoms with van der Waals surface area (Å²) in [5.74, 6) is -0.203. The molecule has 2 aromatic rings. The molecule has 3 rings (SSSR count). The number of esters is 1. The molecule has 1 unspecified atom stereocenters. The molecule has 0 aliphatic carbocycles. The molecular weight excluding hydrogens is 524 g/mol. The van der Waals surface area contributed by atoms with Crippen LogP contribution in [-0.2, 0) is 23.8 Å². The monoisotopic (exact) mass is 566 g/mol. The average Bonchev–Trinajstić information content (AvgIpc) is 3.30. The van der Waals surface area contributed by atoms with Gasteiger partial charge in [-0.1, -0.05) is 81.4 Å². The van der Waals surface area contributed by atoms with Crippen molar-refractivity contribution in [3.05, 3.63) is 72.8 Å². The molecule has 0 bridgehead atoms. The number of nitrogens with one attached hydrogen (secondary N) is 1. The third-order valence-electron chi connectivity index (χ3n) is 6.85. The Morgan fingerprint density at radius 2 is 1.65 bits per heavy atom. The highest BCUT2D eigenvalue weighted by atomic mass is 32.2. The molecule has 2 amide bonds. The van der Waals surface area contributed by atoms with Gasteiger partial charge in [-0.05, 0) is 49.3 Å². The summed E-state index contributed by atoms with van der Waals surface area (Å²) < 4.78 is 10.0. The number of benzene rings is 2. The van der Waals surface area contributed by atoms with Gasteiger partial charge in [-0.15, -0.1) is 18.3 Å². The zero-order chi connectivity index (χ0) is 29.7. The number of ether oxygens (including phenoxy) is 2. The van der Waals surface area contributed by atoms with Gasteiger partial charge in [0.2, 0.25) is 5.91 Å². The number of carbonyl (C=O) groups is 3. The van der Waals surface area contributed by atoms with Gasteiger partial charge in [-0.25, -0.2) is 9.59 Å². The molecule has 0 aromatic heterocycles. The summed E-state index contributed by atoms with van der Waals surface area (Å²) in [6.07, 6.45) is 1.51. The molecule has 1 heterocycles. The van der Waals surface area contributed by atoms with Crippen molar-refractivity contribution in [2.75, 3.05) is 19.4 Å². The van der Waals surface area contributed by atoms with Gasteiger partial charge in [0, 0.05) is 12.3 Å². The van der Waals surface area contributed by atoms with E-state index in [1.807, 2.05) is 45.0 Å². The van der Waals surface area contributed by atoms with E-state index in [-0.39, 0.29) is 12.5 Å². The Morgan fingerprint density at radius 1 is 1.05 bits per heavy atom. The van der Waals surface area contributed by atoms with E-state index in [0.29, 0.717) is 12.2 Å². The molecule has 1 fully saturated rings. The Bertz CT molecular complexity index is 1200. The van der Waals surface area contributed by atoms with Gasteiger partial charge in [0.15, 0.2) is 0 Å². The molecule has 0 saturated carbocycles. The molecule has 1 N–H and O–H groups in total. The summed E-state index contributed by atoms with van der Waals surface area (Å²) in [4.78, 5) is 41.6. The molecule has 3 atom stereocenters. The van der Waals surface area contributed by atoms with E-state index >= 15 is 0 Å². The largest absolute Gasteiger partial charge is 0.467 e. The lowest BCUT2D eigenvalue weighted by atomic mass is 9.85. The Labute approximate surface area is 242 Å². The first-order chi connectivity index (χ1) is 18.7. The van der Waals surface area contributed by atoms with Crippen LogP contribution in [0.15, 0.2) is 67.3 Å². The number of likely N-dealkylation sites (tertiary alicyclic amines) is 1. The van der Waals surface area contributed by atoms with E-state index in [1.165, 1.54) is 7.11 Å². The van der Waals surface area contributed by atoms with Crippen LogP contribution in [0.2, 0.25) is 0 Å². The van der Waals surface area contributed by atoms with Gasteiger partial charge < -0.3 is 19.7 Å². The average molecular weight is 567 g/mol. The van der Waals surface area contributed by atoms with Crippen molar-refractivity contribution in [2.24, 2.45) is 5.41 Å². The SMILES string of the molecule is C=CCS[C@@]1(c2ccc(-c3ccccc3)cc2)C[C@@H](C(=O)OC)N(C(=O)C(NC(=O)OC(C)(C)C)C(C)(C)C)C1. The summed E-state index contributed by atoms with van der Waals surface area (Å²) in [7, 11) is 1.33. The van der Waals surface area contributed by atoms with Crippen LogP contribution in [-0.4, -0.2) is 60.0 Å². The van der Waals surface area contributed by atoms with Crippen LogP contribution in [0.3, 0.4) is 0 Å². The van der Waals surface area contributed by atoms with Crippen molar-refractivity contribution in [1.82, 2.24) is 10.2 Å². The van der Waals surface area contributed by atoms with E-state index < -0.39 is 39.9 Å². The third kappa shape index (κ3) is 7.47. The lowest BCUT2D eigenvalue weighted by molar-refractivity contribution is -0.152. The van der Waals surface area contributed by atoms with Crippen LogP contribution in [0.5, 0.6) is 0 Å². The van der Waals surface area contributed by atoms with Crippen LogP contribution >= 0.6 is 11.8 Å². The molecule has 1 aliphatic rings. The van der Waals surface area contributed by atoms with Crippen LogP contribution in [0.1, 0.15) is 53.5 Å². The van der Waals surface area contributed by atoms with Crippen LogP contribution in [0.4, 0.5) is 4.79 Å². The minimum Gasteiger partial charge on any atom is -0.467 e. The van der Waals surface area contributed by atoms with E-state index in [0.717, 1.165) is 16.7 Å². The first kappa shape index (κ1) is 31.3. The molecule has 8 heteroatoms. The highest BCUT2D eigenvalue weighted by molar-refractivity contribution is 8.00. The van der Waals surface area contributed by atoms with Crippen LogP contribution < -0.4 is 5.32 Å². The van der Waals surface area contributed by atoms with Crippen molar-refractivity contribution in [3.63, 3.8) is 0 Å². The number of rotatable bonds is 8. The van der Waals surface area contributed by atoms with Gasteiger partial charge in [0.25, 0.3) is 0 Å². The van der Waals surface area contributed by atoms with Crippen molar-refractivity contribution < 1.29 is 23.9 Å². The molecule has 7 nitrogen and oxygen atoms in total. The highest BCUT2D eigenvalue weighted by Gasteiger charge is 2.52. The fourth-order valence-corrected chi connectivity index (χ4v) is 6.15. The summed E-state index contributed by atoms with van der Waals surface area (Å²) in [6, 6.07) is 16.7. The van der Waals surface area contributed by atoms with Crippen molar-refractivity contribution in [2.45, 2.75) is 70.4 Å². The second-order valence-corrected chi connectivity index (χ2v) is 13.6.